The maximum absolute atomic E-state index is 12.0. The number of rotatable bonds is 1. The van der Waals surface area contributed by atoms with Crippen molar-refractivity contribution in [2.45, 2.75) is 25.4 Å². The van der Waals surface area contributed by atoms with Crippen LogP contribution in [-0.2, 0) is 4.79 Å². The molecular weight excluding hydrogens is 183 g/mol. The number of alkyl halides is 3. The monoisotopic (exact) mass is 195 g/mol. The van der Waals surface area contributed by atoms with E-state index in [1.807, 2.05) is 0 Å². The maximum Gasteiger partial charge on any atom is 0.389 e. The molecule has 76 valence electrons. The molecule has 5 heteroatoms. The van der Waals surface area contributed by atoms with Crippen LogP contribution in [0.4, 0.5) is 13.2 Å². The van der Waals surface area contributed by atoms with Crippen LogP contribution in [0.3, 0.4) is 0 Å². The lowest BCUT2D eigenvalue weighted by Crippen LogP contribution is -2.27. The number of Topliss-reactive ketones (excluding diaryl/α,β-unsaturated/α-hetero) is 1. The molecule has 2 nitrogen and oxygen atoms in total. The van der Waals surface area contributed by atoms with E-state index in [1.54, 1.807) is 0 Å². The van der Waals surface area contributed by atoms with Crippen LogP contribution < -0.4 is 5.32 Å². The number of hydrogen-bond acceptors (Lipinski definition) is 2. The van der Waals surface area contributed by atoms with Crippen molar-refractivity contribution in [2.24, 2.45) is 5.92 Å². The van der Waals surface area contributed by atoms with Gasteiger partial charge in [-0.2, -0.15) is 13.2 Å². The van der Waals surface area contributed by atoms with Crippen LogP contribution in [0.2, 0.25) is 0 Å². The van der Waals surface area contributed by atoms with Gasteiger partial charge >= 0.3 is 6.18 Å². The molecule has 0 aromatic rings. The maximum atomic E-state index is 12.0. The second kappa shape index (κ2) is 4.09. The third-order valence-electron chi connectivity index (χ3n) is 2.14. The van der Waals surface area contributed by atoms with Crippen LogP contribution >= 0.6 is 0 Å². The molecular formula is C8H12F3NO. The van der Waals surface area contributed by atoms with E-state index in [9.17, 15) is 18.0 Å². The first-order valence-corrected chi connectivity index (χ1v) is 4.29. The van der Waals surface area contributed by atoms with Gasteiger partial charge in [0.15, 0.2) is 0 Å². The summed E-state index contributed by atoms with van der Waals surface area (Å²) in [6.07, 6.45) is -4.18. The van der Waals surface area contributed by atoms with Gasteiger partial charge in [-0.1, -0.05) is 0 Å². The van der Waals surface area contributed by atoms with Crippen molar-refractivity contribution in [2.75, 3.05) is 13.1 Å². The molecule has 0 aromatic heterocycles. The van der Waals surface area contributed by atoms with Crippen molar-refractivity contribution in [3.8, 4) is 0 Å². The van der Waals surface area contributed by atoms with E-state index < -0.39 is 18.5 Å². The number of carbonyl (C=O) groups excluding carboxylic acids is 1. The molecule has 1 rings (SSSR count). The smallest absolute Gasteiger partial charge is 0.310 e. The zero-order valence-corrected chi connectivity index (χ0v) is 7.16. The first-order valence-electron chi connectivity index (χ1n) is 4.29. The summed E-state index contributed by atoms with van der Waals surface area (Å²) in [5.41, 5.74) is 0. The summed E-state index contributed by atoms with van der Waals surface area (Å²) in [6, 6.07) is 0. The zero-order valence-electron chi connectivity index (χ0n) is 7.16. The lowest BCUT2D eigenvalue weighted by Gasteiger charge is -2.14. The van der Waals surface area contributed by atoms with E-state index in [4.69, 9.17) is 0 Å². The summed E-state index contributed by atoms with van der Waals surface area (Å²) in [6.45, 7) is 0.723. The molecule has 0 bridgehead atoms. The van der Waals surface area contributed by atoms with Gasteiger partial charge in [0.05, 0.1) is 13.0 Å². The fourth-order valence-electron chi connectivity index (χ4n) is 1.49. The average molecular weight is 195 g/mol. The number of ketones is 1. The fraction of sp³-hybridized carbons (Fsp3) is 0.875. The van der Waals surface area contributed by atoms with Crippen molar-refractivity contribution >= 4 is 5.78 Å². The Morgan fingerprint density at radius 2 is 2.15 bits per heavy atom. The molecule has 0 amide bonds. The molecule has 1 aliphatic rings. The quantitative estimate of drug-likeness (QED) is 0.687. The predicted octanol–water partition coefficient (Wildman–Crippen LogP) is 1.51. The van der Waals surface area contributed by atoms with E-state index in [0.29, 0.717) is 19.4 Å². The second-order valence-corrected chi connectivity index (χ2v) is 3.30. The molecule has 0 radical (unpaired) electrons. The first kappa shape index (κ1) is 10.5. The van der Waals surface area contributed by atoms with Gasteiger partial charge in [0.1, 0.15) is 5.78 Å². The molecule has 1 atom stereocenters. The number of carbonyl (C=O) groups is 1. The normalized spacial score (nSPS) is 25.8. The van der Waals surface area contributed by atoms with Gasteiger partial charge in [0.2, 0.25) is 0 Å². The lowest BCUT2D eigenvalue weighted by atomic mass is 9.96. The van der Waals surface area contributed by atoms with Gasteiger partial charge < -0.3 is 5.32 Å². The van der Waals surface area contributed by atoms with E-state index in [2.05, 4.69) is 5.32 Å². The highest BCUT2D eigenvalue weighted by Gasteiger charge is 2.35. The van der Waals surface area contributed by atoms with Gasteiger partial charge in [-0.05, 0) is 19.4 Å². The molecule has 1 unspecified atom stereocenters. The van der Waals surface area contributed by atoms with Gasteiger partial charge in [-0.25, -0.2) is 0 Å². The molecule has 1 aliphatic heterocycles. The number of halogens is 3. The van der Waals surface area contributed by atoms with Crippen molar-refractivity contribution in [1.82, 2.24) is 5.32 Å². The van der Waals surface area contributed by atoms with Gasteiger partial charge in [-0.3, -0.25) is 4.79 Å². The molecule has 0 spiro atoms. The van der Waals surface area contributed by atoms with Crippen LogP contribution in [0.1, 0.15) is 19.3 Å². The number of nitrogens with one attached hydrogen (secondary N) is 1. The van der Waals surface area contributed by atoms with Gasteiger partial charge in [-0.15, -0.1) is 0 Å². The van der Waals surface area contributed by atoms with Crippen molar-refractivity contribution in [1.29, 1.82) is 0 Å². The summed E-state index contributed by atoms with van der Waals surface area (Å²) in [4.78, 5) is 11.1. The third-order valence-corrected chi connectivity index (χ3v) is 2.14. The summed E-state index contributed by atoms with van der Waals surface area (Å²) < 4.78 is 35.9. The molecule has 0 aromatic carbocycles. The van der Waals surface area contributed by atoms with E-state index in [0.717, 1.165) is 0 Å². The largest absolute Gasteiger partial charge is 0.389 e. The Hall–Kier alpha value is -0.580. The van der Waals surface area contributed by atoms with Crippen LogP contribution in [0, 0.1) is 5.92 Å². The van der Waals surface area contributed by atoms with Crippen LogP contribution in [0.15, 0.2) is 0 Å². The third kappa shape index (κ3) is 3.76. The topological polar surface area (TPSA) is 29.1 Å². The SMILES string of the molecule is O=C1CNCCCC1CC(F)(F)F. The Balaban J connectivity index is 2.50. The Kier molecular flexibility index (Phi) is 3.30. The molecule has 1 heterocycles. The minimum atomic E-state index is -4.22. The molecule has 0 saturated carbocycles. The van der Waals surface area contributed by atoms with Crippen LogP contribution in [-0.4, -0.2) is 25.0 Å². The average Bonchev–Trinajstić information content (AvgIpc) is 2.14. The molecule has 1 saturated heterocycles. The van der Waals surface area contributed by atoms with Crippen LogP contribution in [0.25, 0.3) is 0 Å². The summed E-state index contributed by atoms with van der Waals surface area (Å²) in [5.74, 6) is -1.13. The van der Waals surface area contributed by atoms with Crippen molar-refractivity contribution in [3.05, 3.63) is 0 Å². The lowest BCUT2D eigenvalue weighted by molar-refractivity contribution is -0.153. The first-order chi connectivity index (χ1) is 5.99. The molecule has 1 N–H and O–H groups in total. The Morgan fingerprint density at radius 1 is 1.46 bits per heavy atom. The summed E-state index contributed by atoms with van der Waals surface area (Å²) >= 11 is 0. The highest BCUT2D eigenvalue weighted by atomic mass is 19.4. The van der Waals surface area contributed by atoms with Crippen molar-refractivity contribution in [3.63, 3.8) is 0 Å². The van der Waals surface area contributed by atoms with E-state index in [-0.39, 0.29) is 12.3 Å². The second-order valence-electron chi connectivity index (χ2n) is 3.30. The Bertz CT molecular complexity index is 190. The molecule has 0 aliphatic carbocycles. The van der Waals surface area contributed by atoms with E-state index in [1.165, 1.54) is 0 Å². The fourth-order valence-corrected chi connectivity index (χ4v) is 1.49. The highest BCUT2D eigenvalue weighted by molar-refractivity contribution is 5.83. The van der Waals surface area contributed by atoms with Gasteiger partial charge in [0, 0.05) is 5.92 Å². The molecule has 13 heavy (non-hydrogen) atoms. The summed E-state index contributed by atoms with van der Waals surface area (Å²) in [7, 11) is 0. The summed E-state index contributed by atoms with van der Waals surface area (Å²) in [5, 5.41) is 2.80. The highest BCUT2D eigenvalue weighted by Crippen LogP contribution is 2.28. The van der Waals surface area contributed by atoms with Gasteiger partial charge in [0.25, 0.3) is 0 Å². The minimum Gasteiger partial charge on any atom is -0.310 e. The Morgan fingerprint density at radius 3 is 2.77 bits per heavy atom. The zero-order chi connectivity index (χ0) is 9.90. The van der Waals surface area contributed by atoms with E-state index >= 15 is 0 Å². The standard InChI is InChI=1S/C8H12F3NO/c9-8(10,11)4-6-2-1-3-12-5-7(6)13/h6,12H,1-5H2. The van der Waals surface area contributed by atoms with Crippen LogP contribution in [0.5, 0.6) is 0 Å². The number of hydrogen-bond donors (Lipinski definition) is 1. The molecule has 1 fully saturated rings. The van der Waals surface area contributed by atoms with Crippen molar-refractivity contribution < 1.29 is 18.0 Å². The predicted molar refractivity (Wildman–Crippen MR) is 41.3 cm³/mol. The minimum absolute atomic E-state index is 0.0841. The Labute approximate surface area is 74.5 Å².